The summed E-state index contributed by atoms with van der Waals surface area (Å²) >= 11 is 0. The average molecular weight is 431 g/mol. The Morgan fingerprint density at radius 2 is 1.77 bits per heavy atom. The fourth-order valence-electron chi connectivity index (χ4n) is 2.88. The topological polar surface area (TPSA) is 58.0 Å². The summed E-state index contributed by atoms with van der Waals surface area (Å²) in [6, 6.07) is 7.86. The summed E-state index contributed by atoms with van der Waals surface area (Å²) in [5.41, 5.74) is 1.03. The van der Waals surface area contributed by atoms with Crippen LogP contribution in [0.2, 0.25) is 0 Å². The van der Waals surface area contributed by atoms with E-state index in [1.165, 1.54) is 41.7 Å². The number of ether oxygens (including phenoxy) is 1. The van der Waals surface area contributed by atoms with E-state index in [1.54, 1.807) is 12.1 Å². The molecule has 0 fully saturated rings. The highest BCUT2D eigenvalue weighted by Gasteiger charge is 2.41. The molecule has 2 heterocycles. The van der Waals surface area contributed by atoms with E-state index in [1.807, 2.05) is 0 Å². The van der Waals surface area contributed by atoms with E-state index < -0.39 is 37.1 Å². The van der Waals surface area contributed by atoms with Gasteiger partial charge in [0.05, 0.1) is 6.54 Å². The number of allylic oxidation sites excluding steroid dienone is 1. The minimum Gasteiger partial charge on any atom is -0.406 e. The van der Waals surface area contributed by atoms with Gasteiger partial charge in [-0.25, -0.2) is 0 Å². The Bertz CT molecular complexity index is 911. The largest absolute Gasteiger partial charge is 0.573 e. The lowest BCUT2D eigenvalue weighted by Crippen LogP contribution is -2.42. The number of nitrogens with zero attached hydrogens (tertiary/aromatic N) is 3. The molecule has 1 aromatic heterocycles. The number of aromatic nitrogens is 1. The number of hydrogen-bond donors (Lipinski definition) is 1. The van der Waals surface area contributed by atoms with E-state index in [-0.39, 0.29) is 5.70 Å². The number of aliphatic imine (C=N–C) groups is 1. The number of hydrogen-bond acceptors (Lipinski definition) is 5. The lowest BCUT2D eigenvalue weighted by atomic mass is 10.1. The van der Waals surface area contributed by atoms with Gasteiger partial charge in [-0.15, -0.1) is 13.2 Å². The van der Waals surface area contributed by atoms with Gasteiger partial charge in [0, 0.05) is 29.9 Å². The minimum absolute atomic E-state index is 0.237. The van der Waals surface area contributed by atoms with Crippen LogP contribution in [0.3, 0.4) is 0 Å². The standard InChI is InChI=1S/C19H15F6N3O2/c20-18(21,22)16(29)11-28-15(7-9-27-17(28)13-2-1-8-26-10-13)12-3-5-14(6-4-12)30-19(23,24)25/h1-10,16-17,29H,11H2/t16-,17?/m0/s1. The highest BCUT2D eigenvalue weighted by atomic mass is 19.4. The Kier molecular flexibility index (Phi) is 6.01. The van der Waals surface area contributed by atoms with Crippen molar-refractivity contribution in [3.8, 4) is 5.75 Å². The van der Waals surface area contributed by atoms with E-state index >= 15 is 0 Å². The van der Waals surface area contributed by atoms with E-state index in [4.69, 9.17) is 0 Å². The molecule has 5 nitrogen and oxygen atoms in total. The third-order valence-electron chi connectivity index (χ3n) is 4.18. The Morgan fingerprint density at radius 3 is 2.33 bits per heavy atom. The van der Waals surface area contributed by atoms with Crippen LogP contribution in [-0.4, -0.2) is 46.4 Å². The van der Waals surface area contributed by atoms with Gasteiger partial charge in [-0.2, -0.15) is 13.2 Å². The maximum atomic E-state index is 13.0. The first-order valence-electron chi connectivity index (χ1n) is 8.55. The molecule has 0 radical (unpaired) electrons. The summed E-state index contributed by atoms with van der Waals surface area (Å²) in [5.74, 6) is -0.470. The van der Waals surface area contributed by atoms with E-state index in [0.717, 1.165) is 12.1 Å². The molecule has 0 saturated carbocycles. The second kappa shape index (κ2) is 8.34. The molecular formula is C19H15F6N3O2. The van der Waals surface area contributed by atoms with Gasteiger partial charge in [0.1, 0.15) is 11.9 Å². The Balaban J connectivity index is 1.94. The van der Waals surface area contributed by atoms with Crippen molar-refractivity contribution in [3.63, 3.8) is 0 Å². The van der Waals surface area contributed by atoms with Crippen LogP contribution in [0.4, 0.5) is 26.3 Å². The third kappa shape index (κ3) is 5.29. The monoisotopic (exact) mass is 431 g/mol. The SMILES string of the molecule is O[C@@H](CN1C(c2ccc(OC(F)(F)F)cc2)=CC=NC1c1cccnc1)C(F)(F)F. The van der Waals surface area contributed by atoms with Crippen molar-refractivity contribution in [3.05, 3.63) is 66.0 Å². The smallest absolute Gasteiger partial charge is 0.406 e. The summed E-state index contributed by atoms with van der Waals surface area (Å²) in [7, 11) is 0. The quantitative estimate of drug-likeness (QED) is 0.717. The molecule has 1 aliphatic heterocycles. The highest BCUT2D eigenvalue weighted by Crippen LogP contribution is 2.35. The van der Waals surface area contributed by atoms with Crippen molar-refractivity contribution in [2.75, 3.05) is 6.54 Å². The molecule has 11 heteroatoms. The zero-order valence-corrected chi connectivity index (χ0v) is 15.1. The number of rotatable bonds is 5. The number of pyridine rings is 1. The van der Waals surface area contributed by atoms with Crippen LogP contribution >= 0.6 is 0 Å². The van der Waals surface area contributed by atoms with Gasteiger partial charge < -0.3 is 14.7 Å². The van der Waals surface area contributed by atoms with Gasteiger partial charge in [-0.05, 0) is 42.0 Å². The van der Waals surface area contributed by atoms with Crippen LogP contribution in [-0.2, 0) is 0 Å². The number of benzene rings is 1. The number of aliphatic hydroxyl groups excluding tert-OH is 1. The van der Waals surface area contributed by atoms with Gasteiger partial charge in [0.2, 0.25) is 0 Å². The molecule has 160 valence electrons. The Labute approximate surface area is 166 Å². The summed E-state index contributed by atoms with van der Waals surface area (Å²) in [5, 5.41) is 9.63. The lowest BCUT2D eigenvalue weighted by Gasteiger charge is -2.37. The fourth-order valence-corrected chi connectivity index (χ4v) is 2.88. The number of halogens is 6. The fraction of sp³-hybridized carbons (Fsp3) is 0.263. The molecule has 0 saturated heterocycles. The number of β-amino-alcohol motifs (C(OH)–C–C–N with tert-alkyl or cyclic N) is 1. The predicted molar refractivity (Wildman–Crippen MR) is 95.3 cm³/mol. The second-order valence-corrected chi connectivity index (χ2v) is 6.29. The summed E-state index contributed by atoms with van der Waals surface area (Å²) in [6.45, 7) is -0.840. The summed E-state index contributed by atoms with van der Waals surface area (Å²) in [6.07, 6.45) is -7.61. The molecule has 1 unspecified atom stereocenters. The van der Waals surface area contributed by atoms with Gasteiger partial charge >= 0.3 is 12.5 Å². The van der Waals surface area contributed by atoms with Crippen LogP contribution in [0, 0.1) is 0 Å². The zero-order chi connectivity index (χ0) is 21.9. The van der Waals surface area contributed by atoms with Crippen molar-refractivity contribution in [2.45, 2.75) is 24.8 Å². The number of alkyl halides is 6. The molecule has 0 spiro atoms. The van der Waals surface area contributed by atoms with Crippen LogP contribution in [0.5, 0.6) is 5.75 Å². The first-order valence-corrected chi connectivity index (χ1v) is 8.55. The molecule has 1 aliphatic rings. The maximum absolute atomic E-state index is 13.0. The second-order valence-electron chi connectivity index (χ2n) is 6.29. The van der Waals surface area contributed by atoms with Crippen molar-refractivity contribution in [2.24, 2.45) is 4.99 Å². The van der Waals surface area contributed by atoms with Gasteiger partial charge in [0.15, 0.2) is 6.10 Å². The lowest BCUT2D eigenvalue weighted by molar-refractivity contribution is -0.274. The normalized spacial score (nSPS) is 18.2. The molecule has 2 atom stereocenters. The molecule has 1 N–H and O–H groups in total. The van der Waals surface area contributed by atoms with Gasteiger partial charge in [-0.1, -0.05) is 6.07 Å². The highest BCUT2D eigenvalue weighted by molar-refractivity contribution is 5.86. The Morgan fingerprint density at radius 1 is 1.07 bits per heavy atom. The molecule has 3 rings (SSSR count). The van der Waals surface area contributed by atoms with Crippen LogP contribution in [0.1, 0.15) is 17.3 Å². The average Bonchev–Trinajstić information content (AvgIpc) is 2.67. The van der Waals surface area contributed by atoms with Crippen molar-refractivity contribution >= 4 is 11.9 Å². The number of aliphatic hydroxyl groups is 1. The predicted octanol–water partition coefficient (Wildman–Crippen LogP) is 4.33. The van der Waals surface area contributed by atoms with E-state index in [0.29, 0.717) is 11.1 Å². The van der Waals surface area contributed by atoms with E-state index in [2.05, 4.69) is 14.7 Å². The first kappa shape index (κ1) is 21.6. The maximum Gasteiger partial charge on any atom is 0.573 e. The molecule has 1 aromatic carbocycles. The van der Waals surface area contributed by atoms with Gasteiger partial charge in [-0.3, -0.25) is 9.98 Å². The first-order chi connectivity index (χ1) is 14.0. The third-order valence-corrected chi connectivity index (χ3v) is 4.18. The molecule has 0 aliphatic carbocycles. The van der Waals surface area contributed by atoms with Gasteiger partial charge in [0.25, 0.3) is 0 Å². The molecule has 2 aromatic rings. The van der Waals surface area contributed by atoms with Crippen molar-refractivity contribution in [1.29, 1.82) is 0 Å². The minimum atomic E-state index is -4.87. The summed E-state index contributed by atoms with van der Waals surface area (Å²) < 4.78 is 79.9. The van der Waals surface area contributed by atoms with E-state index in [9.17, 15) is 31.4 Å². The molecular weight excluding hydrogens is 416 g/mol. The van der Waals surface area contributed by atoms with Crippen LogP contribution < -0.4 is 4.74 Å². The molecule has 30 heavy (non-hydrogen) atoms. The van der Waals surface area contributed by atoms with Crippen LogP contribution in [0.15, 0.2) is 59.9 Å². The van der Waals surface area contributed by atoms with Crippen molar-refractivity contribution in [1.82, 2.24) is 9.88 Å². The van der Waals surface area contributed by atoms with Crippen LogP contribution in [0.25, 0.3) is 5.70 Å². The Hall–Kier alpha value is -3.08. The molecule has 0 amide bonds. The zero-order valence-electron chi connectivity index (χ0n) is 15.1. The molecule has 0 bridgehead atoms. The van der Waals surface area contributed by atoms with Crippen molar-refractivity contribution < 1.29 is 36.2 Å². The summed E-state index contributed by atoms with van der Waals surface area (Å²) in [4.78, 5) is 9.35.